The first-order valence-electron chi connectivity index (χ1n) is 23.3. The van der Waals surface area contributed by atoms with E-state index in [1.807, 2.05) is 30.3 Å². The number of nitrogens with one attached hydrogen (secondary N) is 4. The number of imidazole rings is 1. The number of halogens is 2. The van der Waals surface area contributed by atoms with Gasteiger partial charge >= 0.3 is 5.69 Å². The maximum absolute atomic E-state index is 14.1. The van der Waals surface area contributed by atoms with Gasteiger partial charge in [-0.1, -0.05) is 18.2 Å². The van der Waals surface area contributed by atoms with E-state index in [-0.39, 0.29) is 41.4 Å². The number of carbonyl (C=O) groups excluding carboxylic acids is 3. The number of amides is 3. The first kappa shape index (κ1) is 45.2. The van der Waals surface area contributed by atoms with E-state index in [9.17, 15) is 28.0 Å². The Hall–Kier alpha value is -6.61. The molecular weight excluding hydrogens is 879 g/mol. The normalized spacial score (nSPS) is 20.2. The minimum absolute atomic E-state index is 0.0613. The molecule has 4 aliphatic rings. The van der Waals surface area contributed by atoms with Gasteiger partial charge in [0.15, 0.2) is 11.4 Å². The number of nitrogens with zero attached hydrogens (tertiary/aromatic N) is 8. The summed E-state index contributed by atoms with van der Waals surface area (Å²) in [5.74, 6) is 0.102. The van der Waals surface area contributed by atoms with Gasteiger partial charge in [-0.2, -0.15) is 5.10 Å². The van der Waals surface area contributed by atoms with E-state index in [0.717, 1.165) is 75.3 Å². The Bertz CT molecular complexity index is 2860. The molecule has 6 heterocycles. The van der Waals surface area contributed by atoms with Crippen molar-refractivity contribution < 1.29 is 32.3 Å². The Morgan fingerprint density at radius 2 is 1.74 bits per heavy atom. The molecule has 4 aromatic heterocycles. The molecule has 0 bridgehead atoms. The van der Waals surface area contributed by atoms with E-state index >= 15 is 0 Å². The summed E-state index contributed by atoms with van der Waals surface area (Å²) in [6.45, 7) is 7.49. The highest BCUT2D eigenvalue weighted by molar-refractivity contribution is 6.03. The Morgan fingerprint density at radius 1 is 0.956 bits per heavy atom. The highest BCUT2D eigenvalue weighted by atomic mass is 19.3. The Kier molecular flexibility index (Phi) is 13.0. The zero-order valence-corrected chi connectivity index (χ0v) is 37.7. The van der Waals surface area contributed by atoms with E-state index < -0.39 is 30.0 Å². The second-order valence-electron chi connectivity index (χ2n) is 18.2. The van der Waals surface area contributed by atoms with Crippen LogP contribution in [0.2, 0.25) is 0 Å². The number of aryl methyl sites for hydroxylation is 1. The second-order valence-corrected chi connectivity index (χ2v) is 18.2. The van der Waals surface area contributed by atoms with Gasteiger partial charge in [-0.25, -0.2) is 28.2 Å². The molecule has 4 fully saturated rings. The van der Waals surface area contributed by atoms with Crippen molar-refractivity contribution >= 4 is 40.3 Å². The average molecular weight is 933 g/mol. The molecule has 6 aromatic rings. The number of pyridine rings is 1. The van der Waals surface area contributed by atoms with E-state index in [2.05, 4.69) is 46.1 Å². The summed E-state index contributed by atoms with van der Waals surface area (Å²) in [5, 5.41) is 15.9. The molecule has 2 saturated carbocycles. The summed E-state index contributed by atoms with van der Waals surface area (Å²) in [5.41, 5.74) is 3.77. The van der Waals surface area contributed by atoms with Crippen LogP contribution in [0, 0.1) is 5.92 Å². The zero-order valence-electron chi connectivity index (χ0n) is 37.7. The van der Waals surface area contributed by atoms with Crippen LogP contribution in [0.1, 0.15) is 78.3 Å². The second kappa shape index (κ2) is 19.5. The summed E-state index contributed by atoms with van der Waals surface area (Å²) in [7, 11) is 1.72. The van der Waals surface area contributed by atoms with Crippen molar-refractivity contribution in [3.05, 3.63) is 106 Å². The molecule has 1 atom stereocenters. The van der Waals surface area contributed by atoms with Crippen molar-refractivity contribution in [3.8, 4) is 17.1 Å². The molecule has 68 heavy (non-hydrogen) atoms. The number of benzene rings is 2. The lowest BCUT2D eigenvalue weighted by Crippen LogP contribution is -2.48. The van der Waals surface area contributed by atoms with Crippen LogP contribution in [0.4, 0.5) is 20.3 Å². The van der Waals surface area contributed by atoms with Gasteiger partial charge in [0.05, 0.1) is 41.3 Å². The lowest BCUT2D eigenvalue weighted by Gasteiger charge is -2.37. The maximum Gasteiger partial charge on any atom is 0.329 e. The smallest absolute Gasteiger partial charge is 0.329 e. The van der Waals surface area contributed by atoms with Crippen LogP contribution in [0.5, 0.6) is 0 Å². The van der Waals surface area contributed by atoms with E-state index in [1.54, 1.807) is 42.1 Å². The van der Waals surface area contributed by atoms with Crippen LogP contribution in [0.3, 0.4) is 0 Å². The molecule has 1 unspecified atom stereocenters. The lowest BCUT2D eigenvalue weighted by atomic mass is 9.89. The standard InChI is InChI=1S/C48H54F2N12O6/c1-58-40-20-31(6-9-38(40)62(48(58)66)39-10-11-42(63)56-46(39)65)26-60-16-14-59(15-17-60)18-19-67-35-22-33(23-35)52-24-30-4-7-34(8-5-30)61-27-36(43(57-61)44(49)50)54-45(64)37-28-68-47(55-37)32-12-13-51-41(21-32)53-25-29-2-3-29/h4-9,12-13,20-21,27-29,33,35,39,44,52H,2-3,10-11,14-19,22-26H2,1H3,(H,51,53)(H,54,64)(H,56,63,65)/t33-,35-,39?. The van der Waals surface area contributed by atoms with Gasteiger partial charge in [-0.15, -0.1) is 0 Å². The van der Waals surface area contributed by atoms with E-state index in [0.29, 0.717) is 54.1 Å². The SMILES string of the molecule is Cn1c(=O)n(C2CCC(=O)NC2=O)c2ccc(CN3CCN(CCO[C@H]4C[C@H](NCc5ccc(-n6cc(NC(=O)c7coc(-c8ccnc(NCC9CC9)c8)n7)c(C(F)F)n6)cc5)C4)CC3)cc21. The zero-order chi connectivity index (χ0) is 46.9. The number of piperidine rings is 1. The number of hydrogen-bond donors (Lipinski definition) is 4. The minimum Gasteiger partial charge on any atom is -0.444 e. The predicted molar refractivity (Wildman–Crippen MR) is 247 cm³/mol. The quantitative estimate of drug-likeness (QED) is 0.0840. The van der Waals surface area contributed by atoms with Gasteiger partial charge < -0.3 is 25.1 Å². The third kappa shape index (κ3) is 10.1. The monoisotopic (exact) mass is 932 g/mol. The van der Waals surface area contributed by atoms with Crippen molar-refractivity contribution in [2.45, 2.75) is 76.2 Å². The van der Waals surface area contributed by atoms with Gasteiger partial charge in [0, 0.05) is 83.6 Å². The van der Waals surface area contributed by atoms with Crippen LogP contribution in [0.25, 0.3) is 28.2 Å². The fourth-order valence-electron chi connectivity index (χ4n) is 9.12. The number of imide groups is 1. The van der Waals surface area contributed by atoms with E-state index in [1.165, 1.54) is 34.6 Å². The number of rotatable bonds is 18. The highest BCUT2D eigenvalue weighted by Gasteiger charge is 2.32. The van der Waals surface area contributed by atoms with Crippen LogP contribution in [-0.2, 0) is 34.5 Å². The molecule has 2 aliphatic heterocycles. The summed E-state index contributed by atoms with van der Waals surface area (Å²) in [6.07, 6.45) is 6.25. The van der Waals surface area contributed by atoms with Crippen molar-refractivity contribution in [3.63, 3.8) is 0 Å². The number of aromatic nitrogens is 6. The average Bonchev–Trinajstić information content (AvgIpc) is 3.74. The maximum atomic E-state index is 14.1. The molecule has 20 heteroatoms. The number of carbonyl (C=O) groups is 3. The Morgan fingerprint density at radius 3 is 2.50 bits per heavy atom. The number of fused-ring (bicyclic) bond motifs is 1. The van der Waals surface area contributed by atoms with Gasteiger partial charge in [-0.05, 0) is 85.5 Å². The number of anilines is 2. The number of ether oxygens (including phenoxy) is 1. The summed E-state index contributed by atoms with van der Waals surface area (Å²) in [4.78, 5) is 64.0. The molecule has 2 aromatic carbocycles. The number of alkyl halides is 2. The Balaban J connectivity index is 0.635. The van der Waals surface area contributed by atoms with Crippen LogP contribution in [0.15, 0.2) is 82.5 Å². The van der Waals surface area contributed by atoms with Crippen molar-refractivity contribution in [2.24, 2.45) is 13.0 Å². The van der Waals surface area contributed by atoms with Gasteiger partial charge in [0.1, 0.15) is 18.1 Å². The third-order valence-electron chi connectivity index (χ3n) is 13.4. The van der Waals surface area contributed by atoms with Crippen molar-refractivity contribution in [1.82, 2.24) is 49.3 Å². The minimum atomic E-state index is -2.93. The molecule has 10 rings (SSSR count). The van der Waals surface area contributed by atoms with E-state index in [4.69, 9.17) is 9.15 Å². The third-order valence-corrected chi connectivity index (χ3v) is 13.4. The van der Waals surface area contributed by atoms with Gasteiger partial charge in [0.2, 0.25) is 17.7 Å². The Labute approximate surface area is 390 Å². The first-order chi connectivity index (χ1) is 33.0. The molecule has 18 nitrogen and oxygen atoms in total. The number of piperazine rings is 1. The van der Waals surface area contributed by atoms with Crippen molar-refractivity contribution in [1.29, 1.82) is 0 Å². The molecule has 0 spiro atoms. The summed E-state index contributed by atoms with van der Waals surface area (Å²) < 4.78 is 44.4. The lowest BCUT2D eigenvalue weighted by molar-refractivity contribution is -0.135. The first-order valence-corrected chi connectivity index (χ1v) is 23.3. The number of oxazole rings is 1. The summed E-state index contributed by atoms with van der Waals surface area (Å²) in [6, 6.07) is 16.5. The highest BCUT2D eigenvalue weighted by Crippen LogP contribution is 2.31. The fraction of sp³-hybridized carbons (Fsp3) is 0.438. The molecular formula is C48H54F2N12O6. The molecule has 4 N–H and O–H groups in total. The largest absolute Gasteiger partial charge is 0.444 e. The molecule has 3 amide bonds. The molecule has 356 valence electrons. The van der Waals surface area contributed by atoms with Crippen LogP contribution in [-0.4, -0.2) is 114 Å². The van der Waals surface area contributed by atoms with Gasteiger partial charge in [-0.3, -0.25) is 38.6 Å². The molecule has 2 aliphatic carbocycles. The van der Waals surface area contributed by atoms with Crippen molar-refractivity contribution in [2.75, 3.05) is 56.5 Å². The fourth-order valence-corrected chi connectivity index (χ4v) is 9.12. The molecule has 0 radical (unpaired) electrons. The summed E-state index contributed by atoms with van der Waals surface area (Å²) >= 11 is 0. The number of hydrogen-bond acceptors (Lipinski definition) is 13. The van der Waals surface area contributed by atoms with Crippen LogP contribution >= 0.6 is 0 Å². The van der Waals surface area contributed by atoms with Gasteiger partial charge in [0.25, 0.3) is 12.3 Å². The van der Waals surface area contributed by atoms with Crippen LogP contribution < -0.4 is 27.0 Å². The molecule has 2 saturated heterocycles. The topological polar surface area (TPSA) is 199 Å². The predicted octanol–water partition coefficient (Wildman–Crippen LogP) is 5.02.